The largest absolute Gasteiger partial charge is 0.426 e. The number of hydrogen-bond donors (Lipinski definition) is 4. The fourth-order valence-electron chi connectivity index (χ4n) is 3.41. The molecule has 1 unspecified atom stereocenters. The number of carbonyl (C=O) groups is 2. The van der Waals surface area contributed by atoms with Crippen LogP contribution in [-0.2, 0) is 4.79 Å². The summed E-state index contributed by atoms with van der Waals surface area (Å²) in [7, 11) is 0. The van der Waals surface area contributed by atoms with Gasteiger partial charge < -0.3 is 20.7 Å². The van der Waals surface area contributed by atoms with Gasteiger partial charge in [0, 0.05) is 27.2 Å². The summed E-state index contributed by atoms with van der Waals surface area (Å²) in [6.07, 6.45) is -1.42. The van der Waals surface area contributed by atoms with E-state index >= 15 is 0 Å². The zero-order chi connectivity index (χ0) is 21.4. The van der Waals surface area contributed by atoms with E-state index < -0.39 is 23.7 Å². The lowest BCUT2D eigenvalue weighted by molar-refractivity contribution is -0.245. The fraction of sp³-hybridized carbons (Fsp3) is 0.474. The van der Waals surface area contributed by atoms with E-state index in [1.165, 1.54) is 0 Å². The third-order valence-electron chi connectivity index (χ3n) is 5.26. The molecular weight excluding hydrogens is 502 g/mol. The Labute approximate surface area is 178 Å². The summed E-state index contributed by atoms with van der Waals surface area (Å²) in [5, 5.41) is 15.6. The summed E-state index contributed by atoms with van der Waals surface area (Å²) < 4.78 is 39.2. The van der Waals surface area contributed by atoms with Gasteiger partial charge in [-0.1, -0.05) is 0 Å². The number of rotatable bonds is 4. The number of fused-ring (bicyclic) bond motifs is 1. The van der Waals surface area contributed by atoms with E-state index in [9.17, 15) is 27.9 Å². The minimum absolute atomic E-state index is 0.137. The monoisotopic (exact) mass is 523 g/mol. The Morgan fingerprint density at radius 3 is 2.31 bits per heavy atom. The number of halogens is 4. The molecule has 1 atom stereocenters. The van der Waals surface area contributed by atoms with E-state index in [1.807, 2.05) is 12.1 Å². The highest BCUT2D eigenvalue weighted by atomic mass is 127. The van der Waals surface area contributed by atoms with Gasteiger partial charge in [-0.05, 0) is 73.4 Å². The lowest BCUT2D eigenvalue weighted by Crippen LogP contribution is -2.57. The third-order valence-corrected chi connectivity index (χ3v) is 5.88. The summed E-state index contributed by atoms with van der Waals surface area (Å²) in [6.45, 7) is 0.441. The first kappa shape index (κ1) is 21.9. The first-order valence-electron chi connectivity index (χ1n) is 9.16. The van der Waals surface area contributed by atoms with Crippen molar-refractivity contribution in [3.63, 3.8) is 0 Å². The molecule has 2 amide bonds. The van der Waals surface area contributed by atoms with Crippen LogP contribution in [0.3, 0.4) is 0 Å². The first-order chi connectivity index (χ1) is 13.5. The molecule has 0 bridgehead atoms. The number of nitrogens with one attached hydrogen (secondary N) is 3. The van der Waals surface area contributed by atoms with Gasteiger partial charge in [0.25, 0.3) is 11.8 Å². The normalized spacial score (nSPS) is 22.1. The van der Waals surface area contributed by atoms with Crippen molar-refractivity contribution in [2.24, 2.45) is 0 Å². The van der Waals surface area contributed by atoms with E-state index in [4.69, 9.17) is 0 Å². The Hall–Kier alpha value is -1.82. The van der Waals surface area contributed by atoms with Crippen molar-refractivity contribution in [3.8, 4) is 0 Å². The molecule has 1 aromatic carbocycles. The fourth-order valence-corrected chi connectivity index (χ4v) is 4.06. The molecular formula is C19H21F3IN3O3. The van der Waals surface area contributed by atoms with E-state index in [1.54, 1.807) is 12.3 Å². The van der Waals surface area contributed by atoms with Gasteiger partial charge in [0.1, 0.15) is 0 Å². The zero-order valence-corrected chi connectivity index (χ0v) is 17.7. The predicted octanol–water partition coefficient (Wildman–Crippen LogP) is 3.24. The second kappa shape index (κ2) is 8.13. The van der Waals surface area contributed by atoms with E-state index in [0.717, 1.165) is 14.5 Å². The Kier molecular flexibility index (Phi) is 6.13. The second-order valence-electron chi connectivity index (χ2n) is 7.46. The average Bonchev–Trinajstić information content (AvgIpc) is 3.09. The van der Waals surface area contributed by atoms with E-state index in [-0.39, 0.29) is 11.9 Å². The maximum absolute atomic E-state index is 12.8. The molecule has 3 rings (SSSR count). The Morgan fingerprint density at radius 2 is 1.72 bits per heavy atom. The number of amides is 2. The quantitative estimate of drug-likeness (QED) is 0.464. The topological polar surface area (TPSA) is 94.2 Å². The van der Waals surface area contributed by atoms with Crippen molar-refractivity contribution in [1.82, 2.24) is 15.6 Å². The standard InChI is InChI=1S/C19H21F3IN3O3/c1-18(29,19(20,21)22)17(28)26-13-4-2-12(3-5-13)25-16(27)14-9-11(23)8-10-6-7-24-15(10)14/h6-9,12-13,24,29H,2-5H2,1H3,(H,25,27)(H,26,28). The SMILES string of the molecule is CC(O)(C(=O)NC1CCC(NC(=O)c2cc(I)cc3cc[nH]c23)CC1)C(F)(F)F. The lowest BCUT2D eigenvalue weighted by atomic mass is 9.90. The molecule has 0 spiro atoms. The van der Waals surface area contributed by atoms with Gasteiger partial charge >= 0.3 is 6.18 Å². The third kappa shape index (κ3) is 4.68. The van der Waals surface area contributed by atoms with E-state index in [0.29, 0.717) is 38.2 Å². The van der Waals surface area contributed by atoms with Crippen LogP contribution in [0.25, 0.3) is 10.9 Å². The zero-order valence-electron chi connectivity index (χ0n) is 15.6. The second-order valence-corrected chi connectivity index (χ2v) is 8.71. The van der Waals surface area contributed by atoms with Crippen molar-refractivity contribution < 1.29 is 27.9 Å². The van der Waals surface area contributed by atoms with Gasteiger partial charge in [0.15, 0.2) is 0 Å². The minimum Gasteiger partial charge on any atom is -0.373 e. The molecule has 1 heterocycles. The van der Waals surface area contributed by atoms with Crippen molar-refractivity contribution in [2.45, 2.75) is 56.5 Å². The number of carbonyl (C=O) groups excluding carboxylic acids is 2. The predicted molar refractivity (Wildman–Crippen MR) is 109 cm³/mol. The Balaban J connectivity index is 1.57. The molecule has 1 aromatic heterocycles. The molecule has 1 aliphatic rings. The summed E-state index contributed by atoms with van der Waals surface area (Å²) in [5.41, 5.74) is -2.14. The molecule has 1 saturated carbocycles. The molecule has 0 saturated heterocycles. The molecule has 29 heavy (non-hydrogen) atoms. The average molecular weight is 523 g/mol. The molecule has 2 aromatic rings. The number of aromatic nitrogens is 1. The summed E-state index contributed by atoms with van der Waals surface area (Å²) in [5.74, 6) is -1.67. The van der Waals surface area contributed by atoms with Gasteiger partial charge in [-0.15, -0.1) is 0 Å². The smallest absolute Gasteiger partial charge is 0.373 e. The molecule has 6 nitrogen and oxygen atoms in total. The van der Waals surface area contributed by atoms with Crippen LogP contribution in [-0.4, -0.2) is 45.8 Å². The number of H-pyrrole nitrogens is 1. The molecule has 10 heteroatoms. The molecule has 1 fully saturated rings. The highest BCUT2D eigenvalue weighted by Gasteiger charge is 2.56. The van der Waals surface area contributed by atoms with Crippen LogP contribution in [0, 0.1) is 3.57 Å². The number of aromatic amines is 1. The highest BCUT2D eigenvalue weighted by Crippen LogP contribution is 2.31. The van der Waals surface area contributed by atoms with Crippen molar-refractivity contribution >= 4 is 45.3 Å². The molecule has 0 radical (unpaired) electrons. The van der Waals surface area contributed by atoms with Crippen LogP contribution >= 0.6 is 22.6 Å². The molecule has 158 valence electrons. The Morgan fingerprint density at radius 1 is 1.14 bits per heavy atom. The number of hydrogen-bond acceptors (Lipinski definition) is 3. The summed E-state index contributed by atoms with van der Waals surface area (Å²) in [6, 6.07) is 5.03. The molecule has 1 aliphatic carbocycles. The summed E-state index contributed by atoms with van der Waals surface area (Å²) >= 11 is 2.15. The van der Waals surface area contributed by atoms with Crippen LogP contribution in [0.1, 0.15) is 43.0 Å². The van der Waals surface area contributed by atoms with Gasteiger partial charge in [0.2, 0.25) is 5.60 Å². The van der Waals surface area contributed by atoms with Gasteiger partial charge in [0.05, 0.1) is 11.1 Å². The maximum atomic E-state index is 12.8. The molecule has 4 N–H and O–H groups in total. The maximum Gasteiger partial charge on any atom is 0.426 e. The summed E-state index contributed by atoms with van der Waals surface area (Å²) in [4.78, 5) is 27.6. The minimum atomic E-state index is -5.04. The first-order valence-corrected chi connectivity index (χ1v) is 10.2. The van der Waals surface area contributed by atoms with Crippen molar-refractivity contribution in [3.05, 3.63) is 33.5 Å². The van der Waals surface area contributed by atoms with Crippen molar-refractivity contribution in [1.29, 1.82) is 0 Å². The van der Waals surface area contributed by atoms with E-state index in [2.05, 4.69) is 38.2 Å². The van der Waals surface area contributed by atoms with Crippen LogP contribution in [0.4, 0.5) is 13.2 Å². The van der Waals surface area contributed by atoms with Crippen LogP contribution < -0.4 is 10.6 Å². The molecule has 0 aliphatic heterocycles. The lowest BCUT2D eigenvalue weighted by Gasteiger charge is -2.32. The van der Waals surface area contributed by atoms with Gasteiger partial charge in [-0.3, -0.25) is 9.59 Å². The van der Waals surface area contributed by atoms with Crippen LogP contribution in [0.15, 0.2) is 24.4 Å². The van der Waals surface area contributed by atoms with Gasteiger partial charge in [-0.25, -0.2) is 0 Å². The number of alkyl halides is 3. The van der Waals surface area contributed by atoms with Gasteiger partial charge in [-0.2, -0.15) is 13.2 Å². The number of benzene rings is 1. The van der Waals surface area contributed by atoms with Crippen molar-refractivity contribution in [2.75, 3.05) is 0 Å². The highest BCUT2D eigenvalue weighted by molar-refractivity contribution is 14.1. The Bertz CT molecular complexity index is 918. The number of aliphatic hydroxyl groups is 1. The van der Waals surface area contributed by atoms with Crippen LogP contribution in [0.5, 0.6) is 0 Å². The van der Waals surface area contributed by atoms with Crippen LogP contribution in [0.2, 0.25) is 0 Å².